The van der Waals surface area contributed by atoms with E-state index in [-0.39, 0.29) is 5.78 Å². The van der Waals surface area contributed by atoms with Gasteiger partial charge in [-0.2, -0.15) is 5.10 Å². The van der Waals surface area contributed by atoms with Gasteiger partial charge in [0.1, 0.15) is 0 Å². The Balaban J connectivity index is 2.14. The number of Topliss-reactive ketones (excluding diaryl/α,β-unsaturated/α-hetero) is 1. The Morgan fingerprint density at radius 1 is 1.60 bits per heavy atom. The third-order valence-electron chi connectivity index (χ3n) is 2.03. The number of aryl methyl sites for hydroxylation is 1. The largest absolute Gasteiger partial charge is 0.457 e. The molecular formula is C10H9BrN2O2. The number of hydrogen-bond donors (Lipinski definition) is 0. The summed E-state index contributed by atoms with van der Waals surface area (Å²) in [6, 6.07) is 3.47. The lowest BCUT2D eigenvalue weighted by Gasteiger charge is -1.95. The zero-order chi connectivity index (χ0) is 10.8. The van der Waals surface area contributed by atoms with Gasteiger partial charge >= 0.3 is 0 Å². The maximum atomic E-state index is 11.8. The highest BCUT2D eigenvalue weighted by molar-refractivity contribution is 9.10. The first-order chi connectivity index (χ1) is 7.16. The van der Waals surface area contributed by atoms with Crippen molar-refractivity contribution >= 4 is 21.7 Å². The number of nitrogens with zero attached hydrogens (tertiary/aromatic N) is 2. The van der Waals surface area contributed by atoms with E-state index in [1.165, 1.54) is 6.26 Å². The average molecular weight is 269 g/mol. The van der Waals surface area contributed by atoms with Crippen molar-refractivity contribution in [3.05, 3.63) is 40.5 Å². The summed E-state index contributed by atoms with van der Waals surface area (Å²) in [6.07, 6.45) is 3.59. The Kier molecular flexibility index (Phi) is 2.73. The van der Waals surface area contributed by atoms with Gasteiger partial charge in [-0.15, -0.1) is 0 Å². The van der Waals surface area contributed by atoms with E-state index < -0.39 is 0 Å². The van der Waals surface area contributed by atoms with Crippen molar-refractivity contribution in [2.75, 3.05) is 0 Å². The molecule has 0 aromatic carbocycles. The van der Waals surface area contributed by atoms with E-state index in [1.807, 2.05) is 19.3 Å². The van der Waals surface area contributed by atoms with Crippen LogP contribution >= 0.6 is 15.9 Å². The van der Waals surface area contributed by atoms with Crippen molar-refractivity contribution < 1.29 is 9.21 Å². The average Bonchev–Trinajstić information content (AvgIpc) is 2.75. The lowest BCUT2D eigenvalue weighted by Crippen LogP contribution is -2.04. The fourth-order valence-corrected chi connectivity index (χ4v) is 1.77. The normalized spacial score (nSPS) is 10.5. The molecule has 0 aliphatic rings. The molecule has 0 fully saturated rings. The number of aromatic nitrogens is 2. The Bertz CT molecular complexity index is 487. The van der Waals surface area contributed by atoms with Gasteiger partial charge in [0.2, 0.25) is 0 Å². The third-order valence-corrected chi connectivity index (χ3v) is 2.64. The summed E-state index contributed by atoms with van der Waals surface area (Å²) in [5.74, 6) is -0.00525. The molecule has 0 unspecified atom stereocenters. The molecule has 0 amide bonds. The SMILES string of the molecule is Cn1ccc(CC(=O)c2ccoc2Br)n1. The second kappa shape index (κ2) is 4.02. The minimum Gasteiger partial charge on any atom is -0.457 e. The molecule has 0 saturated carbocycles. The molecule has 0 atom stereocenters. The molecule has 0 saturated heterocycles. The quantitative estimate of drug-likeness (QED) is 0.802. The smallest absolute Gasteiger partial charge is 0.179 e. The molecular weight excluding hydrogens is 260 g/mol. The minimum atomic E-state index is -0.00525. The number of rotatable bonds is 3. The maximum Gasteiger partial charge on any atom is 0.179 e. The standard InChI is InChI=1S/C10H9BrN2O2/c1-13-4-2-7(12-13)6-9(14)8-3-5-15-10(8)11/h2-5H,6H2,1H3. The van der Waals surface area contributed by atoms with Crippen LogP contribution in [0.2, 0.25) is 0 Å². The van der Waals surface area contributed by atoms with E-state index in [1.54, 1.807) is 10.7 Å². The lowest BCUT2D eigenvalue weighted by atomic mass is 10.1. The second-order valence-electron chi connectivity index (χ2n) is 3.19. The number of furan rings is 1. The Morgan fingerprint density at radius 3 is 2.93 bits per heavy atom. The summed E-state index contributed by atoms with van der Waals surface area (Å²) >= 11 is 3.17. The van der Waals surface area contributed by atoms with E-state index in [4.69, 9.17) is 4.42 Å². The zero-order valence-corrected chi connectivity index (χ0v) is 9.69. The van der Waals surface area contributed by atoms with Crippen molar-refractivity contribution in [3.8, 4) is 0 Å². The van der Waals surface area contributed by atoms with Crippen LogP contribution in [0.15, 0.2) is 33.7 Å². The van der Waals surface area contributed by atoms with Crippen LogP contribution in [0.1, 0.15) is 16.1 Å². The summed E-state index contributed by atoms with van der Waals surface area (Å²) in [4.78, 5) is 11.8. The topological polar surface area (TPSA) is 48.0 Å². The first-order valence-electron chi connectivity index (χ1n) is 4.41. The highest BCUT2D eigenvalue weighted by Crippen LogP contribution is 2.19. The van der Waals surface area contributed by atoms with Crippen LogP contribution in [0.25, 0.3) is 0 Å². The fraction of sp³-hybridized carbons (Fsp3) is 0.200. The summed E-state index contributed by atoms with van der Waals surface area (Å²) < 4.78 is 7.15. The molecule has 0 aliphatic heterocycles. The minimum absolute atomic E-state index is 0.00525. The van der Waals surface area contributed by atoms with Crippen LogP contribution in [0.4, 0.5) is 0 Å². The first kappa shape index (κ1) is 10.2. The molecule has 4 nitrogen and oxygen atoms in total. The molecule has 15 heavy (non-hydrogen) atoms. The number of carbonyl (C=O) groups is 1. The molecule has 2 rings (SSSR count). The predicted molar refractivity (Wildman–Crippen MR) is 57.7 cm³/mol. The van der Waals surface area contributed by atoms with Crippen LogP contribution in [-0.4, -0.2) is 15.6 Å². The molecule has 2 heterocycles. The highest BCUT2D eigenvalue weighted by atomic mass is 79.9. The summed E-state index contributed by atoms with van der Waals surface area (Å²) in [5, 5.41) is 4.14. The predicted octanol–water partition coefficient (Wildman–Crippen LogP) is 2.20. The van der Waals surface area contributed by atoms with E-state index in [0.717, 1.165) is 5.69 Å². The highest BCUT2D eigenvalue weighted by Gasteiger charge is 2.14. The first-order valence-corrected chi connectivity index (χ1v) is 5.21. The van der Waals surface area contributed by atoms with Gasteiger partial charge in [0, 0.05) is 13.2 Å². The molecule has 0 aliphatic carbocycles. The van der Waals surface area contributed by atoms with Gasteiger partial charge in [-0.05, 0) is 28.1 Å². The molecule has 2 aromatic rings. The van der Waals surface area contributed by atoms with Crippen molar-refractivity contribution in [2.45, 2.75) is 6.42 Å². The Labute approximate surface area is 95.0 Å². The van der Waals surface area contributed by atoms with Gasteiger partial charge in [0.15, 0.2) is 10.5 Å². The zero-order valence-electron chi connectivity index (χ0n) is 8.11. The van der Waals surface area contributed by atoms with Crippen LogP contribution < -0.4 is 0 Å². The van der Waals surface area contributed by atoms with E-state index in [2.05, 4.69) is 21.0 Å². The van der Waals surface area contributed by atoms with Gasteiger partial charge in [-0.3, -0.25) is 9.48 Å². The van der Waals surface area contributed by atoms with E-state index in [9.17, 15) is 4.79 Å². The second-order valence-corrected chi connectivity index (χ2v) is 3.91. The van der Waals surface area contributed by atoms with Gasteiger partial charge < -0.3 is 4.42 Å². The molecule has 0 spiro atoms. The Hall–Kier alpha value is -1.36. The monoisotopic (exact) mass is 268 g/mol. The maximum absolute atomic E-state index is 11.8. The van der Waals surface area contributed by atoms with E-state index >= 15 is 0 Å². The fourth-order valence-electron chi connectivity index (χ4n) is 1.31. The third kappa shape index (κ3) is 2.18. The molecule has 2 aromatic heterocycles. The molecule has 0 bridgehead atoms. The van der Waals surface area contributed by atoms with Gasteiger partial charge in [0.25, 0.3) is 0 Å². The van der Waals surface area contributed by atoms with Crippen LogP contribution in [0.5, 0.6) is 0 Å². The number of carbonyl (C=O) groups excluding carboxylic acids is 1. The lowest BCUT2D eigenvalue weighted by molar-refractivity contribution is 0.0990. The van der Waals surface area contributed by atoms with Crippen LogP contribution in [0.3, 0.4) is 0 Å². The summed E-state index contributed by atoms with van der Waals surface area (Å²) in [5.41, 5.74) is 1.32. The molecule has 5 heteroatoms. The van der Waals surface area contributed by atoms with Crippen LogP contribution in [0, 0.1) is 0 Å². The molecule has 0 N–H and O–H groups in total. The van der Waals surface area contributed by atoms with Gasteiger partial charge in [-0.25, -0.2) is 0 Å². The van der Waals surface area contributed by atoms with Crippen molar-refractivity contribution in [2.24, 2.45) is 7.05 Å². The van der Waals surface area contributed by atoms with E-state index in [0.29, 0.717) is 16.7 Å². The number of halogens is 1. The van der Waals surface area contributed by atoms with Crippen molar-refractivity contribution in [1.29, 1.82) is 0 Å². The van der Waals surface area contributed by atoms with Crippen molar-refractivity contribution in [3.63, 3.8) is 0 Å². The molecule has 0 radical (unpaired) electrons. The van der Waals surface area contributed by atoms with Crippen LogP contribution in [-0.2, 0) is 13.5 Å². The number of hydrogen-bond acceptors (Lipinski definition) is 3. The van der Waals surface area contributed by atoms with Crippen molar-refractivity contribution in [1.82, 2.24) is 9.78 Å². The van der Waals surface area contributed by atoms with Gasteiger partial charge in [0.05, 0.1) is 23.9 Å². The van der Waals surface area contributed by atoms with Gasteiger partial charge in [-0.1, -0.05) is 0 Å². The number of ketones is 1. The Morgan fingerprint density at radius 2 is 2.40 bits per heavy atom. The summed E-state index contributed by atoms with van der Waals surface area (Å²) in [6.45, 7) is 0. The summed E-state index contributed by atoms with van der Waals surface area (Å²) in [7, 11) is 1.82. The molecule has 78 valence electrons.